The van der Waals surface area contributed by atoms with E-state index in [0.29, 0.717) is 33.6 Å². The number of nitrogens with two attached hydrogens (primary N) is 1. The Morgan fingerprint density at radius 1 is 1.09 bits per heavy atom. The molecule has 0 spiro atoms. The minimum atomic E-state index is -0.357. The highest BCUT2D eigenvalue weighted by Gasteiger charge is 2.23. The van der Waals surface area contributed by atoms with Crippen molar-refractivity contribution in [1.29, 1.82) is 0 Å². The number of halogens is 1. The Morgan fingerprint density at radius 3 is 2.43 bits per heavy atom. The molecule has 0 radical (unpaired) electrons. The van der Waals surface area contributed by atoms with Crippen LogP contribution < -0.4 is 16.0 Å². The molecule has 4 aromatic rings. The number of amides is 2. The first-order chi connectivity index (χ1) is 16.9. The van der Waals surface area contributed by atoms with Gasteiger partial charge in [0.05, 0.1) is 22.3 Å². The van der Waals surface area contributed by atoms with E-state index >= 15 is 0 Å². The van der Waals surface area contributed by atoms with Gasteiger partial charge >= 0.3 is 0 Å². The van der Waals surface area contributed by atoms with Gasteiger partial charge in [0, 0.05) is 35.9 Å². The maximum absolute atomic E-state index is 13.4. The molecule has 1 fully saturated rings. The number of piperidine rings is 1. The Bertz CT molecular complexity index is 1390. The van der Waals surface area contributed by atoms with Gasteiger partial charge < -0.3 is 20.5 Å². The van der Waals surface area contributed by atoms with E-state index in [1.165, 1.54) is 12.1 Å². The molecule has 0 atom stereocenters. The summed E-state index contributed by atoms with van der Waals surface area (Å²) in [6.45, 7) is 3.26. The molecule has 0 saturated carbocycles. The van der Waals surface area contributed by atoms with Crippen molar-refractivity contribution in [3.05, 3.63) is 71.7 Å². The van der Waals surface area contributed by atoms with Crippen LogP contribution >= 0.6 is 0 Å². The molecule has 5 rings (SSSR count). The third-order valence-electron chi connectivity index (χ3n) is 6.39. The molecule has 1 aliphatic heterocycles. The minimum Gasteiger partial charge on any atom is -0.371 e. The lowest BCUT2D eigenvalue weighted by atomic mass is 9.96. The number of anilines is 2. The van der Waals surface area contributed by atoms with Crippen LogP contribution in [0.2, 0.25) is 0 Å². The molecule has 3 N–H and O–H groups in total. The van der Waals surface area contributed by atoms with Crippen molar-refractivity contribution in [2.75, 3.05) is 23.3 Å². The first kappa shape index (κ1) is 22.5. The molecule has 35 heavy (non-hydrogen) atoms. The lowest BCUT2D eigenvalue weighted by molar-refractivity contribution is -0.122. The van der Waals surface area contributed by atoms with Gasteiger partial charge in [0.15, 0.2) is 0 Å². The summed E-state index contributed by atoms with van der Waals surface area (Å²) in [5.74, 6) is -0.993. The summed E-state index contributed by atoms with van der Waals surface area (Å²) >= 11 is 0. The van der Waals surface area contributed by atoms with Crippen LogP contribution in [0.3, 0.4) is 0 Å². The number of nitrogens with one attached hydrogen (secondary N) is 1. The van der Waals surface area contributed by atoms with Gasteiger partial charge in [0.25, 0.3) is 11.6 Å². The molecular weight excluding hydrogens is 449 g/mol. The number of hydrogen-bond acceptors (Lipinski definition) is 6. The van der Waals surface area contributed by atoms with Gasteiger partial charge in [0.1, 0.15) is 5.82 Å². The number of hydrogen-bond donors (Lipinski definition) is 2. The molecular formula is C26H24FN5O3. The number of primary amides is 1. The molecule has 2 amide bonds. The Hall–Kier alpha value is -4.27. The quantitative estimate of drug-likeness (QED) is 0.447. The van der Waals surface area contributed by atoms with Crippen LogP contribution in [-0.2, 0) is 4.79 Å². The fraction of sp³-hybridized carbons (Fsp3) is 0.231. The van der Waals surface area contributed by atoms with Crippen LogP contribution in [0.1, 0.15) is 28.9 Å². The molecule has 1 aliphatic rings. The van der Waals surface area contributed by atoms with Crippen molar-refractivity contribution in [2.24, 2.45) is 11.7 Å². The number of fused-ring (bicyclic) bond motifs is 1. The molecule has 178 valence electrons. The van der Waals surface area contributed by atoms with Gasteiger partial charge in [-0.3, -0.25) is 9.59 Å². The second-order valence-electron chi connectivity index (χ2n) is 8.67. The van der Waals surface area contributed by atoms with Crippen molar-refractivity contribution >= 4 is 34.3 Å². The smallest absolute Gasteiger partial charge is 0.259 e. The zero-order chi connectivity index (χ0) is 24.5. The highest BCUT2D eigenvalue weighted by molar-refractivity contribution is 6.13. The second kappa shape index (κ2) is 9.17. The fourth-order valence-corrected chi connectivity index (χ4v) is 4.42. The number of carbonyl (C=O) groups is 2. The second-order valence-corrected chi connectivity index (χ2v) is 8.67. The summed E-state index contributed by atoms with van der Waals surface area (Å²) in [7, 11) is 0. The largest absolute Gasteiger partial charge is 0.371 e. The monoisotopic (exact) mass is 473 g/mol. The van der Waals surface area contributed by atoms with Gasteiger partial charge in [-0.15, -0.1) is 0 Å². The zero-order valence-electron chi connectivity index (χ0n) is 19.1. The predicted molar refractivity (Wildman–Crippen MR) is 130 cm³/mol. The van der Waals surface area contributed by atoms with E-state index in [9.17, 15) is 14.0 Å². The normalized spacial score (nSPS) is 14.3. The summed E-state index contributed by atoms with van der Waals surface area (Å²) in [4.78, 5) is 31.3. The lowest BCUT2D eigenvalue weighted by Gasteiger charge is -2.32. The first-order valence-corrected chi connectivity index (χ1v) is 11.4. The average molecular weight is 474 g/mol. The van der Waals surface area contributed by atoms with E-state index in [4.69, 9.17) is 10.3 Å². The summed E-state index contributed by atoms with van der Waals surface area (Å²) in [6, 6.07) is 15.1. The number of rotatable bonds is 5. The van der Waals surface area contributed by atoms with Crippen LogP contribution in [0.15, 0.2) is 59.1 Å². The molecule has 3 heterocycles. The highest BCUT2D eigenvalue weighted by Crippen LogP contribution is 2.29. The van der Waals surface area contributed by atoms with E-state index in [2.05, 4.69) is 20.4 Å². The van der Waals surface area contributed by atoms with Crippen molar-refractivity contribution < 1.29 is 18.5 Å². The van der Waals surface area contributed by atoms with E-state index < -0.39 is 0 Å². The van der Waals surface area contributed by atoms with Crippen LogP contribution in [0, 0.1) is 18.7 Å². The predicted octanol–water partition coefficient (Wildman–Crippen LogP) is 4.29. The van der Waals surface area contributed by atoms with Gasteiger partial charge in [-0.1, -0.05) is 5.16 Å². The maximum Gasteiger partial charge on any atom is 0.259 e. The van der Waals surface area contributed by atoms with Gasteiger partial charge in [-0.05, 0) is 74.4 Å². The fourth-order valence-electron chi connectivity index (χ4n) is 4.42. The first-order valence-electron chi connectivity index (χ1n) is 11.4. The molecule has 0 bridgehead atoms. The van der Waals surface area contributed by atoms with Crippen LogP contribution in [0.4, 0.5) is 15.8 Å². The molecule has 0 unspecified atom stereocenters. The third kappa shape index (κ3) is 4.57. The van der Waals surface area contributed by atoms with Gasteiger partial charge in [0.2, 0.25) is 5.91 Å². The van der Waals surface area contributed by atoms with E-state index in [1.54, 1.807) is 25.1 Å². The van der Waals surface area contributed by atoms with Crippen LogP contribution in [0.25, 0.3) is 22.4 Å². The molecule has 1 saturated heterocycles. The minimum absolute atomic E-state index is 0.0670. The number of benzene rings is 2. The average Bonchev–Trinajstić information content (AvgIpc) is 3.25. The summed E-state index contributed by atoms with van der Waals surface area (Å²) < 4.78 is 18.7. The zero-order valence-corrected chi connectivity index (χ0v) is 19.1. The Labute approximate surface area is 200 Å². The Balaban J connectivity index is 1.37. The van der Waals surface area contributed by atoms with Crippen LogP contribution in [0.5, 0.6) is 0 Å². The van der Waals surface area contributed by atoms with Crippen molar-refractivity contribution in [1.82, 2.24) is 10.1 Å². The molecule has 9 heteroatoms. The number of carbonyl (C=O) groups excluding carboxylic acids is 2. The lowest BCUT2D eigenvalue weighted by Crippen LogP contribution is -2.38. The number of aromatic nitrogens is 2. The Morgan fingerprint density at radius 2 is 1.77 bits per heavy atom. The standard InChI is InChI=1S/C26H24FN5O3/c1-15-23-21(14-22(30-26(23)35-31-15)16-2-4-18(27)5-3-16)25(34)29-19-6-8-20(9-7-19)32-12-10-17(11-13-32)24(28)33/h2-9,14,17H,10-13H2,1H3,(H2,28,33)(H,29,34). The number of pyridine rings is 1. The Kier molecular flexibility index (Phi) is 5.90. The molecule has 2 aromatic heterocycles. The van der Waals surface area contributed by atoms with Gasteiger partial charge in [-0.25, -0.2) is 9.37 Å². The van der Waals surface area contributed by atoms with Crippen molar-refractivity contribution in [3.8, 4) is 11.3 Å². The number of aryl methyl sites for hydroxylation is 1. The maximum atomic E-state index is 13.4. The SMILES string of the molecule is Cc1noc2nc(-c3ccc(F)cc3)cc(C(=O)Nc3ccc(N4CCC(C(N)=O)CC4)cc3)c12. The highest BCUT2D eigenvalue weighted by atomic mass is 19.1. The summed E-state index contributed by atoms with van der Waals surface area (Å²) in [5, 5.41) is 7.42. The topological polar surface area (TPSA) is 114 Å². The summed E-state index contributed by atoms with van der Waals surface area (Å²) in [5.41, 5.74) is 9.37. The van der Waals surface area contributed by atoms with E-state index in [1.807, 2.05) is 24.3 Å². The van der Waals surface area contributed by atoms with E-state index in [-0.39, 0.29) is 29.3 Å². The van der Waals surface area contributed by atoms with Crippen molar-refractivity contribution in [2.45, 2.75) is 19.8 Å². The molecule has 8 nitrogen and oxygen atoms in total. The van der Waals surface area contributed by atoms with Crippen LogP contribution in [-0.4, -0.2) is 35.0 Å². The summed E-state index contributed by atoms with van der Waals surface area (Å²) in [6.07, 6.45) is 1.47. The molecule has 2 aromatic carbocycles. The number of nitrogens with zero attached hydrogens (tertiary/aromatic N) is 3. The third-order valence-corrected chi connectivity index (χ3v) is 6.39. The van der Waals surface area contributed by atoms with E-state index in [0.717, 1.165) is 31.6 Å². The molecule has 0 aliphatic carbocycles. The van der Waals surface area contributed by atoms with Gasteiger partial charge in [-0.2, -0.15) is 0 Å². The van der Waals surface area contributed by atoms with Crippen molar-refractivity contribution in [3.63, 3.8) is 0 Å².